The van der Waals surface area contributed by atoms with Crippen molar-refractivity contribution in [2.24, 2.45) is 11.3 Å². The molecule has 7 nitrogen and oxygen atoms in total. The van der Waals surface area contributed by atoms with E-state index in [-0.39, 0.29) is 36.5 Å². The van der Waals surface area contributed by atoms with E-state index in [0.717, 1.165) is 66.9 Å². The maximum absolute atomic E-state index is 12.3. The van der Waals surface area contributed by atoms with Gasteiger partial charge in [-0.3, -0.25) is 4.79 Å². The third-order valence-electron chi connectivity index (χ3n) is 13.4. The largest absolute Gasteiger partial charge is 0.493 e. The van der Waals surface area contributed by atoms with Crippen LogP contribution in [-0.2, 0) is 47.9 Å². The van der Waals surface area contributed by atoms with Crippen LogP contribution in [-0.4, -0.2) is 44.3 Å². The minimum Gasteiger partial charge on any atom is -0.493 e. The Morgan fingerprint density at radius 3 is 1.87 bits per heavy atom. The first-order valence-corrected chi connectivity index (χ1v) is 24.3. The summed E-state index contributed by atoms with van der Waals surface area (Å²) >= 11 is 0. The fourth-order valence-corrected chi connectivity index (χ4v) is 9.75. The Hall–Kier alpha value is -4.65. The Morgan fingerprint density at radius 1 is 0.698 bits per heavy atom. The third kappa shape index (κ3) is 14.7. The molecule has 1 aliphatic heterocycles. The zero-order valence-electron chi connectivity index (χ0n) is 39.4. The summed E-state index contributed by atoms with van der Waals surface area (Å²) in [6, 6.07) is 20.7. The molecular weight excluding hydrogens is 785 g/mol. The summed E-state index contributed by atoms with van der Waals surface area (Å²) < 4.78 is 23.4. The van der Waals surface area contributed by atoms with Crippen molar-refractivity contribution in [2.75, 3.05) is 26.4 Å². The van der Waals surface area contributed by atoms with E-state index in [2.05, 4.69) is 88.5 Å². The topological polar surface area (TPSA) is 88.1 Å². The molecule has 2 aliphatic rings. The van der Waals surface area contributed by atoms with Crippen LogP contribution in [0.25, 0.3) is 22.3 Å². The van der Waals surface area contributed by atoms with E-state index >= 15 is 0 Å². The number of hydrogen-bond acceptors (Lipinski definition) is 7. The molecule has 0 amide bonds. The molecule has 63 heavy (non-hydrogen) atoms. The third-order valence-corrected chi connectivity index (χ3v) is 13.4. The van der Waals surface area contributed by atoms with E-state index in [4.69, 9.17) is 18.9 Å². The Kier molecular flexibility index (Phi) is 19.6. The molecule has 1 saturated carbocycles. The van der Waals surface area contributed by atoms with E-state index in [0.29, 0.717) is 62.4 Å². The number of ether oxygens (including phenoxy) is 4. The van der Waals surface area contributed by atoms with Gasteiger partial charge in [0, 0.05) is 23.0 Å². The molecule has 342 valence electrons. The van der Waals surface area contributed by atoms with Crippen molar-refractivity contribution in [3.8, 4) is 28.0 Å². The molecule has 3 aromatic rings. The maximum Gasteiger partial charge on any atom is 0.333 e. The quantitative estimate of drug-likeness (QED) is 0.0363. The molecule has 5 rings (SSSR count). The second-order valence-corrected chi connectivity index (χ2v) is 18.6. The summed E-state index contributed by atoms with van der Waals surface area (Å²) in [5.41, 5.74) is 10.3. The molecule has 1 heterocycles. The monoisotopic (exact) mass is 861 g/mol. The molecule has 0 bridgehead atoms. The van der Waals surface area contributed by atoms with Crippen molar-refractivity contribution >= 4 is 17.9 Å². The number of rotatable bonds is 25. The first kappa shape index (κ1) is 49.4. The summed E-state index contributed by atoms with van der Waals surface area (Å²) in [7, 11) is 0. The minimum absolute atomic E-state index is 0.0145. The Bertz CT molecular complexity index is 1920. The van der Waals surface area contributed by atoms with Crippen molar-refractivity contribution in [3.63, 3.8) is 0 Å². The van der Waals surface area contributed by atoms with Gasteiger partial charge >= 0.3 is 17.9 Å². The van der Waals surface area contributed by atoms with Gasteiger partial charge in [-0.2, -0.15) is 0 Å². The number of unbranched alkanes of at least 4 members (excludes halogenated alkanes) is 2. The summed E-state index contributed by atoms with van der Waals surface area (Å²) in [5, 5.41) is 0. The van der Waals surface area contributed by atoms with Gasteiger partial charge in [0.25, 0.3) is 0 Å². The average Bonchev–Trinajstić information content (AvgIpc) is 3.29. The van der Waals surface area contributed by atoms with Crippen molar-refractivity contribution in [3.05, 3.63) is 101 Å². The summed E-state index contributed by atoms with van der Waals surface area (Å²) in [4.78, 5) is 36.5. The number of carbonyl (C=O) groups is 3. The molecule has 0 spiro atoms. The molecule has 0 N–H and O–H groups in total. The molecule has 1 aliphatic carbocycles. The van der Waals surface area contributed by atoms with Crippen molar-refractivity contribution in [1.29, 1.82) is 0 Å². The van der Waals surface area contributed by atoms with Crippen LogP contribution >= 0.6 is 0 Å². The second-order valence-electron chi connectivity index (χ2n) is 18.6. The van der Waals surface area contributed by atoms with Crippen LogP contribution in [0.1, 0.15) is 166 Å². The summed E-state index contributed by atoms with van der Waals surface area (Å²) in [5.74, 6) is 1.54. The lowest BCUT2D eigenvalue weighted by Gasteiger charge is -2.36. The fraction of sp³-hybridized carbons (Fsp3) is 0.554. The number of carbonyl (C=O) groups excluding carboxylic acids is 3. The predicted octanol–water partition coefficient (Wildman–Crippen LogP) is 13.8. The number of cyclic esters (lactones) is 1. The van der Waals surface area contributed by atoms with E-state index in [1.807, 2.05) is 0 Å². The molecule has 1 unspecified atom stereocenters. The van der Waals surface area contributed by atoms with Crippen molar-refractivity contribution < 1.29 is 33.3 Å². The highest BCUT2D eigenvalue weighted by atomic mass is 16.5. The van der Waals surface area contributed by atoms with Gasteiger partial charge in [0.2, 0.25) is 0 Å². The molecule has 1 saturated heterocycles. The molecule has 7 heteroatoms. The highest BCUT2D eigenvalue weighted by Crippen LogP contribution is 2.41. The smallest absolute Gasteiger partial charge is 0.333 e. The Morgan fingerprint density at radius 2 is 1.32 bits per heavy atom. The SMILES string of the molecule is C=C(C)C(=O)OCCCc1cc(-c2ccc(-c3ccc(C4CCC(CCCCC)CC4)cc3)cc2CC)cc(CCCOC(=O)C(=C)C)c1OCCCC1(CCC)CCC(=O)OC1. The van der Waals surface area contributed by atoms with Crippen LogP contribution in [0.2, 0.25) is 0 Å². The molecule has 0 radical (unpaired) electrons. The van der Waals surface area contributed by atoms with Gasteiger partial charge in [-0.05, 0) is 166 Å². The van der Waals surface area contributed by atoms with Gasteiger partial charge in [-0.15, -0.1) is 0 Å². The van der Waals surface area contributed by atoms with Crippen LogP contribution in [0.5, 0.6) is 5.75 Å². The lowest BCUT2D eigenvalue weighted by Crippen LogP contribution is -2.34. The van der Waals surface area contributed by atoms with Crippen LogP contribution < -0.4 is 4.74 Å². The number of hydrogen-bond donors (Lipinski definition) is 0. The van der Waals surface area contributed by atoms with Gasteiger partial charge in [0.15, 0.2) is 0 Å². The van der Waals surface area contributed by atoms with E-state index in [9.17, 15) is 14.4 Å². The summed E-state index contributed by atoms with van der Waals surface area (Å²) in [6.07, 6.45) is 19.3. The lowest BCUT2D eigenvalue weighted by atomic mass is 9.75. The van der Waals surface area contributed by atoms with Gasteiger partial charge in [-0.25, -0.2) is 9.59 Å². The summed E-state index contributed by atoms with van der Waals surface area (Å²) in [6.45, 7) is 19.0. The van der Waals surface area contributed by atoms with Crippen molar-refractivity contribution in [1.82, 2.24) is 0 Å². The molecule has 1 atom stereocenters. The standard InChI is InChI=1S/C56H76O7/c1-8-11-12-16-42-19-21-44(22-20-42)45-23-25-46(26-24-45)47-27-28-51(43(10-3)36-47)50-37-48(17-13-33-61-54(58)40(4)5)53(49(38-50)18-14-34-62-55(59)41(6)7)60-35-15-31-56(30-9-2)32-29-52(57)63-39-56/h23-28,36-38,42,44H,4,6,8-22,29-35,39H2,1-3,5,7H3. The lowest BCUT2D eigenvalue weighted by molar-refractivity contribution is -0.155. The zero-order valence-corrected chi connectivity index (χ0v) is 39.4. The second kappa shape index (κ2) is 25.0. The van der Waals surface area contributed by atoms with Crippen LogP contribution in [0.3, 0.4) is 0 Å². The van der Waals surface area contributed by atoms with Gasteiger partial charge in [0.1, 0.15) is 5.75 Å². The van der Waals surface area contributed by atoms with Crippen molar-refractivity contribution in [2.45, 2.75) is 163 Å². The van der Waals surface area contributed by atoms with Gasteiger partial charge in [-0.1, -0.05) is 108 Å². The molecular formula is C56H76O7. The number of benzene rings is 3. The Balaban J connectivity index is 1.40. The zero-order chi connectivity index (χ0) is 45.2. The predicted molar refractivity (Wildman–Crippen MR) is 256 cm³/mol. The molecule has 2 fully saturated rings. The number of aryl methyl sites for hydroxylation is 3. The molecule has 0 aromatic heterocycles. The first-order chi connectivity index (χ1) is 30.4. The molecule has 3 aromatic carbocycles. The first-order valence-electron chi connectivity index (χ1n) is 24.3. The Labute approximate surface area is 379 Å². The number of esters is 3. The van der Waals surface area contributed by atoms with Gasteiger partial charge in [0.05, 0.1) is 26.4 Å². The fourth-order valence-electron chi connectivity index (χ4n) is 9.75. The van der Waals surface area contributed by atoms with Crippen LogP contribution in [0.4, 0.5) is 0 Å². The van der Waals surface area contributed by atoms with E-state index in [1.54, 1.807) is 13.8 Å². The van der Waals surface area contributed by atoms with Crippen LogP contribution in [0.15, 0.2) is 78.9 Å². The highest BCUT2D eigenvalue weighted by molar-refractivity contribution is 5.87. The maximum atomic E-state index is 12.3. The van der Waals surface area contributed by atoms with Crippen LogP contribution in [0, 0.1) is 11.3 Å². The van der Waals surface area contributed by atoms with Gasteiger partial charge < -0.3 is 18.9 Å². The minimum atomic E-state index is -0.387. The average molecular weight is 861 g/mol. The highest BCUT2D eigenvalue weighted by Gasteiger charge is 2.35. The van der Waals surface area contributed by atoms with E-state index < -0.39 is 0 Å². The van der Waals surface area contributed by atoms with E-state index in [1.165, 1.54) is 79.2 Å². The normalized spacial score (nSPS) is 18.7.